The fourth-order valence-corrected chi connectivity index (χ4v) is 0.729. The van der Waals surface area contributed by atoms with Gasteiger partial charge < -0.3 is 9.84 Å². The van der Waals surface area contributed by atoms with Crippen LogP contribution >= 0.6 is 11.6 Å². The van der Waals surface area contributed by atoms with Crippen molar-refractivity contribution in [2.45, 2.75) is 32.6 Å². The maximum atomic E-state index is 10.0. The number of carboxylic acids is 1. The van der Waals surface area contributed by atoms with Crippen molar-refractivity contribution in [3.05, 3.63) is 0 Å². The Kier molecular flexibility index (Phi) is 13.7. The summed E-state index contributed by atoms with van der Waals surface area (Å²) in [7, 11) is 1.14. The Labute approximate surface area is 89.2 Å². The summed E-state index contributed by atoms with van der Waals surface area (Å²) in [6.45, 7) is 2.17. The Balaban J connectivity index is 0. The minimum absolute atomic E-state index is 0.559. The number of ether oxygens (including phenoxy) is 1. The van der Waals surface area contributed by atoms with Crippen molar-refractivity contribution >= 4 is 23.5 Å². The molecule has 1 N–H and O–H groups in total. The van der Waals surface area contributed by atoms with Gasteiger partial charge in [0.1, 0.15) is 6.42 Å². The number of aliphatic carboxylic acids is 1. The Bertz CT molecular complexity index is 155. The summed E-state index contributed by atoms with van der Waals surface area (Å²) >= 11 is 5.38. The molecule has 0 aromatic carbocycles. The van der Waals surface area contributed by atoms with Crippen LogP contribution in [0, 0.1) is 0 Å². The van der Waals surface area contributed by atoms with E-state index in [4.69, 9.17) is 16.7 Å². The number of unbranched alkanes of at least 4 members (excludes halogenated alkanes) is 2. The molecule has 0 saturated carbocycles. The van der Waals surface area contributed by atoms with Crippen molar-refractivity contribution in [1.82, 2.24) is 0 Å². The minimum Gasteiger partial charge on any atom is -0.481 e. The van der Waals surface area contributed by atoms with Crippen LogP contribution in [-0.2, 0) is 14.3 Å². The van der Waals surface area contributed by atoms with E-state index in [1.807, 2.05) is 0 Å². The summed E-state index contributed by atoms with van der Waals surface area (Å²) in [6.07, 6.45) is 3.17. The second-order valence-corrected chi connectivity index (χ2v) is 2.92. The Morgan fingerprint density at radius 1 is 1.36 bits per heavy atom. The van der Waals surface area contributed by atoms with Crippen molar-refractivity contribution < 1.29 is 19.4 Å². The summed E-state index contributed by atoms with van der Waals surface area (Å²) in [4.78, 5) is 19.7. The second-order valence-electron chi connectivity index (χ2n) is 2.54. The number of esters is 1. The zero-order chi connectivity index (χ0) is 11.4. The summed E-state index contributed by atoms with van der Waals surface area (Å²) in [6, 6.07) is 0. The third-order valence-corrected chi connectivity index (χ3v) is 1.53. The molecular weight excluding hydrogens is 208 g/mol. The molecule has 0 rings (SSSR count). The first kappa shape index (κ1) is 15.7. The number of carbonyl (C=O) groups is 2. The normalized spacial score (nSPS) is 8.50. The van der Waals surface area contributed by atoms with Gasteiger partial charge in [-0.05, 0) is 6.42 Å². The lowest BCUT2D eigenvalue weighted by molar-refractivity contribution is -0.149. The first-order valence-electron chi connectivity index (χ1n) is 4.43. The van der Waals surface area contributed by atoms with Crippen LogP contribution in [-0.4, -0.2) is 30.0 Å². The number of carbonyl (C=O) groups excluding carboxylic acids is 1. The third kappa shape index (κ3) is 17.4. The van der Waals surface area contributed by atoms with Crippen LogP contribution in [0.4, 0.5) is 0 Å². The molecule has 0 aromatic heterocycles. The van der Waals surface area contributed by atoms with Crippen LogP contribution < -0.4 is 0 Å². The summed E-state index contributed by atoms with van der Waals surface area (Å²) in [5, 5.41) is 7.91. The lowest BCUT2D eigenvalue weighted by atomic mass is 10.3. The zero-order valence-electron chi connectivity index (χ0n) is 8.59. The maximum Gasteiger partial charge on any atom is 0.316 e. The standard InChI is InChI=1S/C5H11Cl.C4H6O4/c1-2-3-4-5-6;1-8-4(7)2-3(5)6/h2-5H2,1H3;2H2,1H3,(H,5,6). The van der Waals surface area contributed by atoms with Crippen LogP contribution in [0.3, 0.4) is 0 Å². The first-order chi connectivity index (χ1) is 6.58. The number of hydrogen-bond acceptors (Lipinski definition) is 3. The molecule has 0 aliphatic rings. The van der Waals surface area contributed by atoms with Gasteiger partial charge in [-0.15, -0.1) is 11.6 Å². The Morgan fingerprint density at radius 2 is 1.93 bits per heavy atom. The number of hydrogen-bond donors (Lipinski definition) is 1. The second kappa shape index (κ2) is 12.2. The minimum atomic E-state index is -1.17. The molecule has 0 atom stereocenters. The first-order valence-corrected chi connectivity index (χ1v) is 4.96. The predicted molar refractivity (Wildman–Crippen MR) is 54.5 cm³/mol. The van der Waals surface area contributed by atoms with Gasteiger partial charge in [-0.25, -0.2) is 0 Å². The highest BCUT2D eigenvalue weighted by Gasteiger charge is 2.04. The molecule has 0 amide bonds. The zero-order valence-corrected chi connectivity index (χ0v) is 9.34. The molecule has 0 bridgehead atoms. The Hall–Kier alpha value is -0.770. The fourth-order valence-electron chi connectivity index (χ4n) is 0.540. The molecule has 5 heteroatoms. The molecule has 84 valence electrons. The number of methoxy groups -OCH3 is 1. The van der Waals surface area contributed by atoms with Crippen LogP contribution in [0.15, 0.2) is 0 Å². The van der Waals surface area contributed by atoms with Crippen molar-refractivity contribution in [1.29, 1.82) is 0 Å². The third-order valence-electron chi connectivity index (χ3n) is 1.26. The summed E-state index contributed by atoms with van der Waals surface area (Å²) in [5.74, 6) is -1.07. The fraction of sp³-hybridized carbons (Fsp3) is 0.778. The van der Waals surface area contributed by atoms with Crippen molar-refractivity contribution in [3.8, 4) is 0 Å². The van der Waals surface area contributed by atoms with Gasteiger partial charge in [0.25, 0.3) is 0 Å². The van der Waals surface area contributed by atoms with Crippen LogP contribution in [0.5, 0.6) is 0 Å². The van der Waals surface area contributed by atoms with Crippen LogP contribution in [0.2, 0.25) is 0 Å². The average molecular weight is 225 g/mol. The monoisotopic (exact) mass is 224 g/mol. The van der Waals surface area contributed by atoms with Gasteiger partial charge >= 0.3 is 11.9 Å². The lowest BCUT2D eigenvalue weighted by Gasteiger charge is -1.90. The van der Waals surface area contributed by atoms with Crippen molar-refractivity contribution in [2.24, 2.45) is 0 Å². The molecular formula is C9H17ClO4. The van der Waals surface area contributed by atoms with E-state index in [2.05, 4.69) is 11.7 Å². The van der Waals surface area contributed by atoms with Gasteiger partial charge in [-0.2, -0.15) is 0 Å². The van der Waals surface area contributed by atoms with Gasteiger partial charge in [0.15, 0.2) is 0 Å². The molecule has 0 heterocycles. The van der Waals surface area contributed by atoms with Gasteiger partial charge in [0.2, 0.25) is 0 Å². The number of alkyl halides is 1. The van der Waals surface area contributed by atoms with E-state index >= 15 is 0 Å². The molecule has 0 radical (unpaired) electrons. The van der Waals surface area contributed by atoms with Gasteiger partial charge in [-0.3, -0.25) is 9.59 Å². The van der Waals surface area contributed by atoms with E-state index in [1.54, 1.807) is 0 Å². The van der Waals surface area contributed by atoms with Crippen molar-refractivity contribution in [3.63, 3.8) is 0 Å². The quantitative estimate of drug-likeness (QED) is 0.336. The van der Waals surface area contributed by atoms with Crippen molar-refractivity contribution in [2.75, 3.05) is 13.0 Å². The number of rotatable bonds is 5. The van der Waals surface area contributed by atoms with Crippen LogP contribution in [0.25, 0.3) is 0 Å². The molecule has 0 saturated heterocycles. The largest absolute Gasteiger partial charge is 0.481 e. The van der Waals surface area contributed by atoms with E-state index in [0.717, 1.165) is 13.0 Å². The molecule has 0 unspecified atom stereocenters. The van der Waals surface area contributed by atoms with Gasteiger partial charge in [0, 0.05) is 5.88 Å². The molecule has 0 spiro atoms. The Morgan fingerprint density at radius 3 is 2.07 bits per heavy atom. The average Bonchev–Trinajstić information content (AvgIpc) is 2.14. The lowest BCUT2D eigenvalue weighted by Crippen LogP contribution is -2.07. The predicted octanol–water partition coefficient (Wildman–Crippen LogP) is 2.05. The van der Waals surface area contributed by atoms with E-state index in [1.165, 1.54) is 19.3 Å². The smallest absolute Gasteiger partial charge is 0.316 e. The highest BCUT2D eigenvalue weighted by Crippen LogP contribution is 1.93. The van der Waals surface area contributed by atoms with Crippen LogP contribution in [0.1, 0.15) is 32.6 Å². The molecule has 14 heavy (non-hydrogen) atoms. The molecule has 0 aliphatic heterocycles. The van der Waals surface area contributed by atoms with E-state index in [9.17, 15) is 9.59 Å². The summed E-state index contributed by atoms with van der Waals surface area (Å²) < 4.78 is 4.04. The van der Waals surface area contributed by atoms with Gasteiger partial charge in [-0.1, -0.05) is 19.8 Å². The topological polar surface area (TPSA) is 63.6 Å². The van der Waals surface area contributed by atoms with E-state index in [0.29, 0.717) is 0 Å². The summed E-state index contributed by atoms with van der Waals surface area (Å²) in [5.41, 5.74) is 0. The highest BCUT2D eigenvalue weighted by atomic mass is 35.5. The SMILES string of the molecule is CCCCCCl.COC(=O)CC(=O)O. The maximum absolute atomic E-state index is 10.0. The highest BCUT2D eigenvalue weighted by molar-refractivity contribution is 6.17. The number of carboxylic acid groups (broad SMARTS) is 1. The molecule has 0 fully saturated rings. The van der Waals surface area contributed by atoms with Gasteiger partial charge in [0.05, 0.1) is 7.11 Å². The number of halogens is 1. The van der Waals surface area contributed by atoms with E-state index < -0.39 is 18.4 Å². The van der Waals surface area contributed by atoms with E-state index in [-0.39, 0.29) is 0 Å². The molecule has 4 nitrogen and oxygen atoms in total. The molecule has 0 aliphatic carbocycles. The molecule has 0 aromatic rings.